The number of benzene rings is 1. The van der Waals surface area contributed by atoms with Gasteiger partial charge >= 0.3 is 0 Å². The Labute approximate surface area is 132 Å². The number of aromatic nitrogens is 2. The molecule has 1 saturated heterocycles. The average Bonchev–Trinajstić information content (AvgIpc) is 3.25. The maximum Gasteiger partial charge on any atom is 0.253 e. The van der Waals surface area contributed by atoms with Gasteiger partial charge in [0.15, 0.2) is 0 Å². The van der Waals surface area contributed by atoms with Gasteiger partial charge in [-0.1, -0.05) is 18.2 Å². The van der Waals surface area contributed by atoms with Crippen molar-refractivity contribution < 1.29 is 8.42 Å². The molecule has 0 bridgehead atoms. The minimum absolute atomic E-state index is 0.209. The van der Waals surface area contributed by atoms with Gasteiger partial charge in [0.25, 0.3) is 10.0 Å². The van der Waals surface area contributed by atoms with Gasteiger partial charge in [-0.25, -0.2) is 13.4 Å². The quantitative estimate of drug-likeness (QED) is 0.801. The highest BCUT2D eigenvalue weighted by molar-refractivity contribution is 7.91. The Kier molecular flexibility index (Phi) is 3.28. The number of H-pyrrole nitrogens is 1. The molecule has 4 rings (SSSR count). The molecule has 1 aliphatic heterocycles. The zero-order chi connectivity index (χ0) is 15.2. The van der Waals surface area contributed by atoms with E-state index in [0.29, 0.717) is 10.8 Å². The van der Waals surface area contributed by atoms with Gasteiger partial charge in [-0.15, -0.1) is 11.3 Å². The van der Waals surface area contributed by atoms with Gasteiger partial charge in [-0.2, -0.15) is 4.31 Å². The van der Waals surface area contributed by atoms with Crippen molar-refractivity contribution >= 4 is 32.4 Å². The van der Waals surface area contributed by atoms with Crippen molar-refractivity contribution in [1.29, 1.82) is 0 Å². The number of nitrogens with zero attached hydrogens (tertiary/aromatic N) is 2. The van der Waals surface area contributed by atoms with E-state index >= 15 is 0 Å². The van der Waals surface area contributed by atoms with E-state index in [9.17, 15) is 8.42 Å². The van der Waals surface area contributed by atoms with Gasteiger partial charge in [0, 0.05) is 6.54 Å². The van der Waals surface area contributed by atoms with E-state index in [4.69, 9.17) is 0 Å². The number of sulfonamides is 1. The number of imidazole rings is 1. The molecule has 0 amide bonds. The number of para-hydroxylation sites is 2. The molecule has 3 heterocycles. The summed E-state index contributed by atoms with van der Waals surface area (Å²) in [5, 5.41) is 1.79. The van der Waals surface area contributed by atoms with E-state index in [1.54, 1.807) is 21.8 Å². The van der Waals surface area contributed by atoms with E-state index < -0.39 is 10.0 Å². The zero-order valence-corrected chi connectivity index (χ0v) is 13.4. The van der Waals surface area contributed by atoms with E-state index in [1.165, 1.54) is 11.3 Å². The fourth-order valence-corrected chi connectivity index (χ4v) is 5.74. The monoisotopic (exact) mass is 333 g/mol. The van der Waals surface area contributed by atoms with Crippen LogP contribution in [0.1, 0.15) is 24.7 Å². The Bertz CT molecular complexity index is 867. The van der Waals surface area contributed by atoms with E-state index in [1.807, 2.05) is 24.3 Å². The van der Waals surface area contributed by atoms with Crippen LogP contribution in [0.25, 0.3) is 11.0 Å². The molecule has 0 saturated carbocycles. The Balaban J connectivity index is 1.75. The molecule has 1 fully saturated rings. The molecule has 0 aliphatic carbocycles. The molecule has 0 spiro atoms. The molecule has 1 atom stereocenters. The number of rotatable bonds is 3. The highest BCUT2D eigenvalue weighted by Gasteiger charge is 2.38. The molecule has 0 radical (unpaired) electrons. The molecular formula is C15H15N3O2S2. The maximum atomic E-state index is 12.8. The lowest BCUT2D eigenvalue weighted by Crippen LogP contribution is -2.30. The molecule has 1 aliphatic rings. The summed E-state index contributed by atoms with van der Waals surface area (Å²) in [5.74, 6) is 0.735. The third-order valence-corrected chi connectivity index (χ3v) is 7.27. The van der Waals surface area contributed by atoms with Crippen molar-refractivity contribution in [2.45, 2.75) is 23.1 Å². The van der Waals surface area contributed by atoms with Crippen LogP contribution in [0, 0.1) is 0 Å². The van der Waals surface area contributed by atoms with E-state index in [-0.39, 0.29) is 6.04 Å². The van der Waals surface area contributed by atoms with Gasteiger partial charge < -0.3 is 4.98 Å². The van der Waals surface area contributed by atoms with Gasteiger partial charge in [0.2, 0.25) is 0 Å². The van der Waals surface area contributed by atoms with Gasteiger partial charge in [-0.3, -0.25) is 0 Å². The third kappa shape index (κ3) is 2.16. The molecule has 1 aromatic carbocycles. The first kappa shape index (κ1) is 13.9. The maximum absolute atomic E-state index is 12.8. The van der Waals surface area contributed by atoms with Crippen LogP contribution in [0.2, 0.25) is 0 Å². The summed E-state index contributed by atoms with van der Waals surface area (Å²) in [7, 11) is -3.44. The second-order valence-electron chi connectivity index (χ2n) is 5.35. The highest BCUT2D eigenvalue weighted by Crippen LogP contribution is 2.36. The summed E-state index contributed by atoms with van der Waals surface area (Å²) in [6.07, 6.45) is 1.65. The van der Waals surface area contributed by atoms with Crippen molar-refractivity contribution in [2.75, 3.05) is 6.54 Å². The summed E-state index contributed by atoms with van der Waals surface area (Å²) in [6.45, 7) is 0.544. The van der Waals surface area contributed by atoms with Crippen molar-refractivity contribution in [3.05, 3.63) is 47.6 Å². The summed E-state index contributed by atoms with van der Waals surface area (Å²) in [5.41, 5.74) is 1.82. The molecule has 7 heteroatoms. The van der Waals surface area contributed by atoms with Crippen LogP contribution in [0.15, 0.2) is 46.0 Å². The molecule has 5 nitrogen and oxygen atoms in total. The molecule has 3 aromatic rings. The van der Waals surface area contributed by atoms with E-state index in [2.05, 4.69) is 9.97 Å². The topological polar surface area (TPSA) is 66.1 Å². The number of aromatic amines is 1. The Morgan fingerprint density at radius 2 is 2.09 bits per heavy atom. The summed E-state index contributed by atoms with van der Waals surface area (Å²) in [4.78, 5) is 7.85. The smallest absolute Gasteiger partial charge is 0.253 e. The van der Waals surface area contributed by atoms with Gasteiger partial charge in [0.05, 0.1) is 17.1 Å². The van der Waals surface area contributed by atoms with Crippen LogP contribution in [-0.4, -0.2) is 29.2 Å². The summed E-state index contributed by atoms with van der Waals surface area (Å²) in [6, 6.07) is 11.0. The average molecular weight is 333 g/mol. The van der Waals surface area contributed by atoms with Crippen molar-refractivity contribution in [2.24, 2.45) is 0 Å². The molecule has 1 N–H and O–H groups in total. The fraction of sp³-hybridized carbons (Fsp3) is 0.267. The van der Waals surface area contributed by atoms with Crippen LogP contribution in [0.4, 0.5) is 0 Å². The fourth-order valence-electron chi connectivity index (χ4n) is 2.96. The lowest BCUT2D eigenvalue weighted by atomic mass is 10.2. The van der Waals surface area contributed by atoms with E-state index in [0.717, 1.165) is 29.7 Å². The third-order valence-electron chi connectivity index (χ3n) is 3.99. The SMILES string of the molecule is O=S(=O)(c1cccs1)N1CCC[C@H]1c1nc2ccccc2[nH]1. The minimum atomic E-state index is -3.44. The van der Waals surface area contributed by atoms with Gasteiger partial charge in [0.1, 0.15) is 10.0 Å². The predicted molar refractivity (Wildman–Crippen MR) is 86.3 cm³/mol. The van der Waals surface area contributed by atoms with Crippen LogP contribution in [0.5, 0.6) is 0 Å². The Hall–Kier alpha value is -1.70. The number of hydrogen-bond donors (Lipinski definition) is 1. The first-order valence-electron chi connectivity index (χ1n) is 7.16. The summed E-state index contributed by atoms with van der Waals surface area (Å²) >= 11 is 1.26. The second-order valence-corrected chi connectivity index (χ2v) is 8.41. The summed E-state index contributed by atoms with van der Waals surface area (Å²) < 4.78 is 27.6. The van der Waals surface area contributed by atoms with Crippen LogP contribution in [0.3, 0.4) is 0 Å². The molecule has 0 unspecified atom stereocenters. The van der Waals surface area contributed by atoms with Crippen molar-refractivity contribution in [3.63, 3.8) is 0 Å². The standard InChI is InChI=1S/C15H15N3O2S2/c19-22(20,14-8-4-10-21-14)18-9-3-7-13(18)15-16-11-5-1-2-6-12(11)17-15/h1-2,4-6,8,10,13H,3,7,9H2,(H,16,17)/t13-/m0/s1. The predicted octanol–water partition coefficient (Wildman–Crippen LogP) is 3.15. The highest BCUT2D eigenvalue weighted by atomic mass is 32.2. The first-order chi connectivity index (χ1) is 10.7. The molecule has 2 aromatic heterocycles. The molecule has 22 heavy (non-hydrogen) atoms. The largest absolute Gasteiger partial charge is 0.341 e. The van der Waals surface area contributed by atoms with Gasteiger partial charge in [-0.05, 0) is 36.4 Å². The Morgan fingerprint density at radius 1 is 1.23 bits per heavy atom. The van der Waals surface area contributed by atoms with Crippen molar-refractivity contribution in [1.82, 2.24) is 14.3 Å². The Morgan fingerprint density at radius 3 is 2.86 bits per heavy atom. The van der Waals surface area contributed by atoms with Crippen LogP contribution in [-0.2, 0) is 10.0 Å². The lowest BCUT2D eigenvalue weighted by Gasteiger charge is -2.21. The number of fused-ring (bicyclic) bond motifs is 1. The number of nitrogens with one attached hydrogen (secondary N) is 1. The van der Waals surface area contributed by atoms with Crippen LogP contribution >= 0.6 is 11.3 Å². The first-order valence-corrected chi connectivity index (χ1v) is 9.48. The lowest BCUT2D eigenvalue weighted by molar-refractivity contribution is 0.387. The van der Waals surface area contributed by atoms with Crippen LogP contribution < -0.4 is 0 Å². The number of thiophene rings is 1. The normalized spacial score (nSPS) is 19.9. The second kappa shape index (κ2) is 5.19. The van der Waals surface area contributed by atoms with Crippen molar-refractivity contribution in [3.8, 4) is 0 Å². The zero-order valence-electron chi connectivity index (χ0n) is 11.8. The molecular weight excluding hydrogens is 318 g/mol. The number of hydrogen-bond acceptors (Lipinski definition) is 4. The molecule has 114 valence electrons. The minimum Gasteiger partial charge on any atom is -0.341 e.